The highest BCUT2D eigenvalue weighted by Crippen LogP contribution is 2.29. The largest absolute Gasteiger partial charge is 0.494 e. The van der Waals surface area contributed by atoms with Crippen LogP contribution in [0, 0.1) is 12.8 Å². The first-order chi connectivity index (χ1) is 8.70. The molecule has 18 heavy (non-hydrogen) atoms. The zero-order valence-corrected chi connectivity index (χ0v) is 11.8. The summed E-state index contributed by atoms with van der Waals surface area (Å²) in [5.41, 5.74) is 2.54. The number of nitrogens with one attached hydrogen (secondary N) is 1. The molecule has 1 aromatic carbocycles. The van der Waals surface area contributed by atoms with Crippen LogP contribution in [0.5, 0.6) is 5.75 Å². The van der Waals surface area contributed by atoms with Crippen LogP contribution < -0.4 is 10.1 Å². The van der Waals surface area contributed by atoms with Gasteiger partial charge in [-0.25, -0.2) is 0 Å². The number of rotatable bonds is 4. The summed E-state index contributed by atoms with van der Waals surface area (Å²) in [5.74, 6) is 1.75. The Balaban J connectivity index is 2.04. The van der Waals surface area contributed by atoms with Gasteiger partial charge in [-0.15, -0.1) is 0 Å². The predicted molar refractivity (Wildman–Crippen MR) is 77.4 cm³/mol. The molecule has 2 nitrogen and oxygen atoms in total. The van der Waals surface area contributed by atoms with Gasteiger partial charge in [-0.3, -0.25) is 0 Å². The smallest absolute Gasteiger partial charge is 0.119 e. The van der Waals surface area contributed by atoms with Crippen LogP contribution in [0.3, 0.4) is 0 Å². The van der Waals surface area contributed by atoms with Crippen molar-refractivity contribution in [3.8, 4) is 5.75 Å². The van der Waals surface area contributed by atoms with Gasteiger partial charge in [-0.1, -0.05) is 19.8 Å². The molecule has 1 aliphatic carbocycles. The maximum absolute atomic E-state index is 5.53. The van der Waals surface area contributed by atoms with Crippen LogP contribution in [0.4, 0.5) is 5.69 Å². The predicted octanol–water partition coefficient (Wildman–Crippen LogP) is 4.38. The van der Waals surface area contributed by atoms with Gasteiger partial charge in [0, 0.05) is 11.7 Å². The van der Waals surface area contributed by atoms with E-state index in [0.29, 0.717) is 6.04 Å². The summed E-state index contributed by atoms with van der Waals surface area (Å²) in [7, 11) is 0. The van der Waals surface area contributed by atoms with Crippen LogP contribution in [0.2, 0.25) is 0 Å². The molecule has 2 heteroatoms. The average Bonchev–Trinajstić information content (AvgIpc) is 2.35. The van der Waals surface area contributed by atoms with Crippen LogP contribution in [0.25, 0.3) is 0 Å². The molecule has 100 valence electrons. The molecule has 1 N–H and O–H groups in total. The number of ether oxygens (including phenoxy) is 1. The SMILES string of the molecule is CCOc1ccc(NC2CCCCC2C)c(C)c1. The number of aryl methyl sites for hydroxylation is 1. The minimum absolute atomic E-state index is 0.635. The Hall–Kier alpha value is -1.18. The zero-order valence-electron chi connectivity index (χ0n) is 11.8. The van der Waals surface area contributed by atoms with E-state index in [9.17, 15) is 0 Å². The average molecular weight is 247 g/mol. The van der Waals surface area contributed by atoms with Crippen molar-refractivity contribution >= 4 is 5.69 Å². The van der Waals surface area contributed by atoms with Gasteiger partial charge in [0.1, 0.15) is 5.75 Å². The first-order valence-electron chi connectivity index (χ1n) is 7.20. The van der Waals surface area contributed by atoms with Crippen LogP contribution >= 0.6 is 0 Å². The fraction of sp³-hybridized carbons (Fsp3) is 0.625. The van der Waals surface area contributed by atoms with Crippen molar-refractivity contribution in [3.05, 3.63) is 23.8 Å². The number of hydrogen-bond acceptors (Lipinski definition) is 2. The van der Waals surface area contributed by atoms with Crippen molar-refractivity contribution in [3.63, 3.8) is 0 Å². The van der Waals surface area contributed by atoms with Gasteiger partial charge in [0.2, 0.25) is 0 Å². The van der Waals surface area contributed by atoms with E-state index >= 15 is 0 Å². The molecule has 0 saturated heterocycles. The Morgan fingerprint density at radius 1 is 1.28 bits per heavy atom. The summed E-state index contributed by atoms with van der Waals surface area (Å²) < 4.78 is 5.53. The third-order valence-corrected chi connectivity index (χ3v) is 3.96. The monoisotopic (exact) mass is 247 g/mol. The van der Waals surface area contributed by atoms with Crippen molar-refractivity contribution in [2.24, 2.45) is 5.92 Å². The van der Waals surface area contributed by atoms with E-state index < -0.39 is 0 Å². The van der Waals surface area contributed by atoms with E-state index in [-0.39, 0.29) is 0 Å². The molecular formula is C16H25NO. The van der Waals surface area contributed by atoms with E-state index in [2.05, 4.69) is 37.4 Å². The first kappa shape index (κ1) is 13.3. The van der Waals surface area contributed by atoms with Gasteiger partial charge in [-0.05, 0) is 56.4 Å². The molecule has 2 unspecified atom stereocenters. The second-order valence-electron chi connectivity index (χ2n) is 5.42. The van der Waals surface area contributed by atoms with E-state index in [1.165, 1.54) is 36.9 Å². The summed E-state index contributed by atoms with van der Waals surface area (Å²) in [6, 6.07) is 6.98. The summed E-state index contributed by atoms with van der Waals surface area (Å²) in [5, 5.41) is 3.71. The molecule has 0 bridgehead atoms. The maximum atomic E-state index is 5.53. The quantitative estimate of drug-likeness (QED) is 0.852. The molecule has 0 heterocycles. The minimum Gasteiger partial charge on any atom is -0.494 e. The maximum Gasteiger partial charge on any atom is 0.119 e. The first-order valence-corrected chi connectivity index (χ1v) is 7.20. The molecule has 0 radical (unpaired) electrons. The number of benzene rings is 1. The molecule has 1 fully saturated rings. The minimum atomic E-state index is 0.635. The van der Waals surface area contributed by atoms with E-state index in [0.717, 1.165) is 18.3 Å². The van der Waals surface area contributed by atoms with E-state index in [4.69, 9.17) is 4.74 Å². The van der Waals surface area contributed by atoms with Gasteiger partial charge in [-0.2, -0.15) is 0 Å². The van der Waals surface area contributed by atoms with Gasteiger partial charge < -0.3 is 10.1 Å². The van der Waals surface area contributed by atoms with Crippen molar-refractivity contribution in [1.29, 1.82) is 0 Å². The molecule has 1 saturated carbocycles. The molecule has 0 spiro atoms. The fourth-order valence-corrected chi connectivity index (χ4v) is 2.78. The van der Waals surface area contributed by atoms with Crippen molar-refractivity contribution in [1.82, 2.24) is 0 Å². The second-order valence-corrected chi connectivity index (χ2v) is 5.42. The third-order valence-electron chi connectivity index (χ3n) is 3.96. The zero-order chi connectivity index (χ0) is 13.0. The van der Waals surface area contributed by atoms with E-state index in [1.807, 2.05) is 6.92 Å². The van der Waals surface area contributed by atoms with Crippen LogP contribution in [0.15, 0.2) is 18.2 Å². The van der Waals surface area contributed by atoms with E-state index in [1.54, 1.807) is 0 Å². The highest BCUT2D eigenvalue weighted by atomic mass is 16.5. The summed E-state index contributed by atoms with van der Waals surface area (Å²) >= 11 is 0. The summed E-state index contributed by atoms with van der Waals surface area (Å²) in [6.07, 6.45) is 5.40. The lowest BCUT2D eigenvalue weighted by molar-refractivity contribution is 0.339. The molecular weight excluding hydrogens is 222 g/mol. The Bertz CT molecular complexity index is 389. The lowest BCUT2D eigenvalue weighted by Gasteiger charge is -2.31. The molecule has 1 aliphatic rings. The number of hydrogen-bond donors (Lipinski definition) is 1. The number of anilines is 1. The molecule has 2 atom stereocenters. The Morgan fingerprint density at radius 3 is 2.72 bits per heavy atom. The van der Waals surface area contributed by atoms with Crippen molar-refractivity contribution in [2.75, 3.05) is 11.9 Å². The second kappa shape index (κ2) is 6.12. The fourth-order valence-electron chi connectivity index (χ4n) is 2.78. The third kappa shape index (κ3) is 3.18. The summed E-state index contributed by atoms with van der Waals surface area (Å²) in [4.78, 5) is 0. The molecule has 2 rings (SSSR count). The lowest BCUT2D eigenvalue weighted by atomic mass is 9.85. The Morgan fingerprint density at radius 2 is 2.06 bits per heavy atom. The Kier molecular flexibility index (Phi) is 4.51. The molecule has 0 amide bonds. The normalized spacial score (nSPS) is 23.7. The van der Waals surface area contributed by atoms with Gasteiger partial charge >= 0.3 is 0 Å². The van der Waals surface area contributed by atoms with Gasteiger partial charge in [0.15, 0.2) is 0 Å². The van der Waals surface area contributed by atoms with Crippen LogP contribution in [0.1, 0.15) is 45.1 Å². The van der Waals surface area contributed by atoms with Crippen molar-refractivity contribution < 1.29 is 4.74 Å². The van der Waals surface area contributed by atoms with Crippen LogP contribution in [-0.2, 0) is 0 Å². The molecule has 0 aliphatic heterocycles. The molecule has 0 aromatic heterocycles. The highest BCUT2D eigenvalue weighted by Gasteiger charge is 2.21. The van der Waals surface area contributed by atoms with Gasteiger partial charge in [0.05, 0.1) is 6.61 Å². The topological polar surface area (TPSA) is 21.3 Å². The molecule has 1 aromatic rings. The summed E-state index contributed by atoms with van der Waals surface area (Å²) in [6.45, 7) is 7.26. The van der Waals surface area contributed by atoms with Crippen LogP contribution in [-0.4, -0.2) is 12.6 Å². The standard InChI is InChI=1S/C16H25NO/c1-4-18-14-9-10-16(13(3)11-14)17-15-8-6-5-7-12(15)2/h9-12,15,17H,4-8H2,1-3H3. The van der Waals surface area contributed by atoms with Crippen molar-refractivity contribution in [2.45, 2.75) is 52.5 Å². The lowest BCUT2D eigenvalue weighted by Crippen LogP contribution is -2.30. The Labute approximate surface area is 111 Å². The van der Waals surface area contributed by atoms with Gasteiger partial charge in [0.25, 0.3) is 0 Å². The highest BCUT2D eigenvalue weighted by molar-refractivity contribution is 5.54.